The Morgan fingerprint density at radius 3 is 1.16 bits per heavy atom. The normalized spacial score (nSPS) is 20.3. The minimum absolute atomic E-state index is 0.0189. The van der Waals surface area contributed by atoms with Crippen LogP contribution in [0, 0.1) is 22.0 Å². The van der Waals surface area contributed by atoms with Crippen molar-refractivity contribution in [3.8, 4) is 0 Å². The molecule has 1 aliphatic heterocycles. The molecule has 0 spiro atoms. The van der Waals surface area contributed by atoms with Gasteiger partial charge in [-0.2, -0.15) is 0 Å². The highest BCUT2D eigenvalue weighted by molar-refractivity contribution is 9.10. The molecule has 1 heterocycles. The molecule has 4 atom stereocenters. The summed E-state index contributed by atoms with van der Waals surface area (Å²) >= 11 is 3.65. The quantitative estimate of drug-likeness (QED) is 0.0110. The van der Waals surface area contributed by atoms with Crippen molar-refractivity contribution in [1.29, 1.82) is 0 Å². The molecule has 77 heavy (non-hydrogen) atoms. The molecule has 1 aliphatic carbocycles. The van der Waals surface area contributed by atoms with Crippen LogP contribution in [0.3, 0.4) is 0 Å². The van der Waals surface area contributed by atoms with Crippen LogP contribution in [0.1, 0.15) is 258 Å². The van der Waals surface area contributed by atoms with Gasteiger partial charge in [0.15, 0.2) is 0 Å². The first-order valence-electron chi connectivity index (χ1n) is 30.6. The largest absolute Gasteiger partial charge is 0.481 e. The molecular formula is C59H104BrN3O14. The van der Waals surface area contributed by atoms with Crippen LogP contribution in [0.5, 0.6) is 0 Å². The Kier molecular flexibility index (Phi) is 40.2. The lowest BCUT2D eigenvalue weighted by Crippen LogP contribution is -2.51. The number of esters is 4. The Labute approximate surface area is 471 Å². The highest BCUT2D eigenvalue weighted by Crippen LogP contribution is 2.37. The molecule has 1 saturated carbocycles. The van der Waals surface area contributed by atoms with Gasteiger partial charge in [-0.3, -0.25) is 48.7 Å². The Morgan fingerprint density at radius 2 is 0.844 bits per heavy atom. The average Bonchev–Trinajstić information content (AvgIpc) is 3.41. The first-order chi connectivity index (χ1) is 37.2. The maximum Gasteiger partial charge on any atom is 0.309 e. The Balaban J connectivity index is 2.43. The van der Waals surface area contributed by atoms with Crippen molar-refractivity contribution in [1.82, 2.24) is 9.80 Å². The monoisotopic (exact) mass is 1160 g/mol. The molecule has 0 aromatic heterocycles. The van der Waals surface area contributed by atoms with Crippen molar-refractivity contribution in [2.75, 3.05) is 52.6 Å². The van der Waals surface area contributed by atoms with E-state index in [1.165, 1.54) is 89.9 Å². The highest BCUT2D eigenvalue weighted by atomic mass is 79.9. The maximum atomic E-state index is 14.1. The first kappa shape index (κ1) is 69.7. The molecule has 0 amide bonds. The molecule has 2 rings (SSSR count). The molecule has 0 aromatic rings. The zero-order valence-electron chi connectivity index (χ0n) is 47.8. The standard InChI is InChI=1S/C59H104BrN3O14/c1-3-5-7-9-11-13-15-17-19-21-23-31-39-61(41-43-74-55(68)37-29-27-35-53(64)65)49-45-59(60,63(72)73)46-50(48-77-58(71)52-34-26-25-33-51(52)57(70)76-47-49)62(42-44-75-56(69)38-30-28-36-54(66)67)40-32-24-22-20-18-16-14-12-10-8-6-4-2/h49-52H,3-48H2,1-2H3,(H,64,65)(H,66,67). The van der Waals surface area contributed by atoms with Crippen molar-refractivity contribution in [2.24, 2.45) is 11.8 Å². The van der Waals surface area contributed by atoms with E-state index in [0.717, 1.165) is 77.0 Å². The van der Waals surface area contributed by atoms with Gasteiger partial charge in [0.05, 0.1) is 23.9 Å². The minimum Gasteiger partial charge on any atom is -0.481 e. The van der Waals surface area contributed by atoms with Crippen LogP contribution in [0.2, 0.25) is 0 Å². The number of cyclic esters (lactones) is 2. The second kappa shape index (κ2) is 44.4. The number of carbonyl (C=O) groups is 6. The van der Waals surface area contributed by atoms with Crippen molar-refractivity contribution < 1.29 is 62.9 Å². The van der Waals surface area contributed by atoms with E-state index >= 15 is 0 Å². The number of carbonyl (C=O) groups excluding carboxylic acids is 4. The summed E-state index contributed by atoms with van der Waals surface area (Å²) in [6, 6.07) is -1.39. The van der Waals surface area contributed by atoms with Crippen LogP contribution >= 0.6 is 15.9 Å². The van der Waals surface area contributed by atoms with E-state index in [1.54, 1.807) is 0 Å². The summed E-state index contributed by atoms with van der Waals surface area (Å²) in [5, 5.41) is 31.7. The molecule has 0 bridgehead atoms. The minimum atomic E-state index is -1.81. The SMILES string of the molecule is CCCCCCCCCCCCCCN(CCOC(=O)CCCCC(=O)O)C1COC(=O)C2CCCCC2C(=O)OCC(N(CCCCCCCCCCCCCC)CCOC(=O)CCCCC(=O)O)CC(Br)([N+](=O)[O-])C1. The molecule has 17 nitrogen and oxygen atoms in total. The number of nitrogens with zero attached hydrogens (tertiary/aromatic N) is 3. The second-order valence-electron chi connectivity index (χ2n) is 22.1. The Hall–Kier alpha value is -3.38. The van der Waals surface area contributed by atoms with E-state index in [-0.39, 0.29) is 83.0 Å². The van der Waals surface area contributed by atoms with Gasteiger partial charge < -0.3 is 29.2 Å². The summed E-state index contributed by atoms with van der Waals surface area (Å²) in [4.78, 5) is 93.3. The number of hydrogen-bond donors (Lipinski definition) is 2. The predicted octanol–water partition coefficient (Wildman–Crippen LogP) is 13.2. The number of halogens is 1. The summed E-state index contributed by atoms with van der Waals surface area (Å²) in [6.07, 6.45) is 31.2. The number of fused-ring (bicyclic) bond motifs is 1. The lowest BCUT2D eigenvalue weighted by Gasteiger charge is -2.37. The van der Waals surface area contributed by atoms with Crippen molar-refractivity contribution >= 4 is 51.7 Å². The van der Waals surface area contributed by atoms with Crippen LogP contribution in [-0.2, 0) is 47.7 Å². The van der Waals surface area contributed by atoms with Gasteiger partial charge in [0.1, 0.15) is 26.4 Å². The summed E-state index contributed by atoms with van der Waals surface area (Å²) in [5.41, 5.74) is 0. The van der Waals surface area contributed by atoms with Gasteiger partial charge >= 0.3 is 35.8 Å². The zero-order valence-corrected chi connectivity index (χ0v) is 49.4. The summed E-state index contributed by atoms with van der Waals surface area (Å²) in [7, 11) is 0. The van der Waals surface area contributed by atoms with Crippen LogP contribution in [0.4, 0.5) is 0 Å². The summed E-state index contributed by atoms with van der Waals surface area (Å²) < 4.78 is 21.8. The number of hydrogen-bond acceptors (Lipinski definition) is 14. The third-order valence-corrected chi connectivity index (χ3v) is 16.5. The molecule has 0 radical (unpaired) electrons. The van der Waals surface area contributed by atoms with Gasteiger partial charge in [-0.05, 0) is 64.5 Å². The fourth-order valence-electron chi connectivity index (χ4n) is 10.9. The third-order valence-electron chi connectivity index (χ3n) is 15.6. The molecule has 4 unspecified atom stereocenters. The fraction of sp³-hybridized carbons (Fsp3) is 0.898. The van der Waals surface area contributed by atoms with Gasteiger partial charge in [0, 0.05) is 72.5 Å². The highest BCUT2D eigenvalue weighted by Gasteiger charge is 2.48. The number of rotatable bonds is 45. The molecule has 2 fully saturated rings. The summed E-state index contributed by atoms with van der Waals surface area (Å²) in [6.45, 7) is 5.47. The van der Waals surface area contributed by atoms with Crippen LogP contribution in [0.15, 0.2) is 0 Å². The fourth-order valence-corrected chi connectivity index (χ4v) is 11.6. The lowest BCUT2D eigenvalue weighted by atomic mass is 9.79. The van der Waals surface area contributed by atoms with E-state index in [1.807, 2.05) is 9.80 Å². The van der Waals surface area contributed by atoms with Crippen LogP contribution < -0.4 is 0 Å². The van der Waals surface area contributed by atoms with Crippen molar-refractivity contribution in [3.63, 3.8) is 0 Å². The van der Waals surface area contributed by atoms with Gasteiger partial charge in [-0.25, -0.2) is 0 Å². The maximum absolute atomic E-state index is 14.1. The third kappa shape index (κ3) is 33.7. The van der Waals surface area contributed by atoms with E-state index in [0.29, 0.717) is 51.6 Å². The van der Waals surface area contributed by atoms with E-state index in [2.05, 4.69) is 29.8 Å². The molecule has 2 N–H and O–H groups in total. The molecule has 446 valence electrons. The number of carboxylic acid groups (broad SMARTS) is 2. The molecule has 18 heteroatoms. The van der Waals surface area contributed by atoms with E-state index in [9.17, 15) is 38.9 Å². The lowest BCUT2D eigenvalue weighted by molar-refractivity contribution is -0.540. The topological polar surface area (TPSA) is 229 Å². The van der Waals surface area contributed by atoms with Gasteiger partial charge in [-0.1, -0.05) is 168 Å². The Bertz CT molecular complexity index is 1530. The van der Waals surface area contributed by atoms with Gasteiger partial charge in [0.25, 0.3) is 4.45 Å². The van der Waals surface area contributed by atoms with E-state index in [4.69, 9.17) is 29.2 Å². The van der Waals surface area contributed by atoms with Crippen molar-refractivity contribution in [2.45, 2.75) is 274 Å². The molecule has 2 aliphatic rings. The van der Waals surface area contributed by atoms with Crippen LogP contribution in [0.25, 0.3) is 0 Å². The van der Waals surface area contributed by atoms with Gasteiger partial charge in [0.2, 0.25) is 0 Å². The number of carboxylic acids is 2. The Morgan fingerprint density at radius 1 is 0.532 bits per heavy atom. The number of alkyl halides is 1. The first-order valence-corrected chi connectivity index (χ1v) is 31.4. The second-order valence-corrected chi connectivity index (χ2v) is 23.6. The number of nitro groups is 1. The summed E-state index contributed by atoms with van der Waals surface area (Å²) in [5.74, 6) is -5.34. The van der Waals surface area contributed by atoms with Crippen molar-refractivity contribution in [3.05, 3.63) is 10.1 Å². The number of aliphatic carboxylic acids is 2. The number of unbranched alkanes of at least 4 members (excludes halogenated alkanes) is 24. The molecular weight excluding hydrogens is 1050 g/mol. The predicted molar refractivity (Wildman–Crippen MR) is 302 cm³/mol. The van der Waals surface area contributed by atoms with Gasteiger partial charge in [-0.15, -0.1) is 0 Å². The zero-order chi connectivity index (χ0) is 56.4. The average molecular weight is 1160 g/mol. The number of ether oxygens (including phenoxy) is 4. The smallest absolute Gasteiger partial charge is 0.309 e. The molecule has 0 aromatic carbocycles. The van der Waals surface area contributed by atoms with Crippen LogP contribution in [-0.4, -0.2) is 130 Å². The molecule has 1 saturated heterocycles. The van der Waals surface area contributed by atoms with E-state index < -0.39 is 64.2 Å².